The summed E-state index contributed by atoms with van der Waals surface area (Å²) in [6, 6.07) is 14.5. The molecule has 2 aromatic heterocycles. The molecule has 1 amide bonds. The second-order valence-corrected chi connectivity index (χ2v) is 6.90. The summed E-state index contributed by atoms with van der Waals surface area (Å²) in [6.45, 7) is 0.390. The lowest BCUT2D eigenvalue weighted by Crippen LogP contribution is -2.19. The fraction of sp³-hybridized carbons (Fsp3) is 0.105. The molecule has 1 atom stereocenters. The maximum absolute atomic E-state index is 11.9. The molecule has 0 fully saturated rings. The van der Waals surface area contributed by atoms with Gasteiger partial charge in [-0.05, 0) is 42.0 Å². The number of nitrogens with one attached hydrogen (secondary N) is 1. The largest absolute Gasteiger partial charge is 0.466 e. The second kappa shape index (κ2) is 8.16. The molecule has 3 rings (SSSR count). The van der Waals surface area contributed by atoms with Crippen LogP contribution in [-0.4, -0.2) is 11.0 Å². The first-order chi connectivity index (χ1) is 12.1. The van der Waals surface area contributed by atoms with E-state index in [0.29, 0.717) is 17.3 Å². The van der Waals surface area contributed by atoms with Crippen molar-refractivity contribution in [3.63, 3.8) is 0 Å². The van der Waals surface area contributed by atoms with Crippen molar-refractivity contribution in [2.45, 2.75) is 12.6 Å². The van der Waals surface area contributed by atoms with Crippen LogP contribution in [0.5, 0.6) is 0 Å². The average Bonchev–Trinajstić information content (AvgIpc) is 3.30. The first-order valence-corrected chi connectivity index (χ1v) is 8.83. The number of thiophene rings is 1. The van der Waals surface area contributed by atoms with E-state index in [1.54, 1.807) is 24.3 Å². The molecule has 6 heteroatoms. The number of amides is 1. The maximum Gasteiger partial charge on any atom is 0.244 e. The Labute approximate surface area is 154 Å². The van der Waals surface area contributed by atoms with Gasteiger partial charge in [0.1, 0.15) is 11.9 Å². The van der Waals surface area contributed by atoms with Gasteiger partial charge in [0.25, 0.3) is 0 Å². The van der Waals surface area contributed by atoms with Gasteiger partial charge in [-0.3, -0.25) is 4.79 Å². The molecule has 1 aromatic carbocycles. The third kappa shape index (κ3) is 4.60. The Morgan fingerprint density at radius 2 is 2.08 bits per heavy atom. The Kier molecular flexibility index (Phi) is 5.71. The zero-order valence-corrected chi connectivity index (χ0v) is 14.8. The lowest BCUT2D eigenvalue weighted by atomic mass is 10.2. The summed E-state index contributed by atoms with van der Waals surface area (Å²) in [7, 11) is 0. The zero-order chi connectivity index (χ0) is 17.6. The first kappa shape index (κ1) is 17.5. The van der Waals surface area contributed by atoms with E-state index in [9.17, 15) is 9.90 Å². The van der Waals surface area contributed by atoms with Crippen molar-refractivity contribution in [1.29, 1.82) is 0 Å². The highest BCUT2D eigenvalue weighted by atomic mass is 35.5. The predicted molar refractivity (Wildman–Crippen MR) is 99.4 cm³/mol. The van der Waals surface area contributed by atoms with E-state index in [1.807, 2.05) is 30.3 Å². The number of hydrogen-bond acceptors (Lipinski definition) is 4. The molecule has 0 saturated heterocycles. The lowest BCUT2D eigenvalue weighted by molar-refractivity contribution is -0.116. The molecule has 0 aliphatic carbocycles. The maximum atomic E-state index is 11.9. The summed E-state index contributed by atoms with van der Waals surface area (Å²) in [5, 5.41) is 13.6. The molecule has 25 heavy (non-hydrogen) atoms. The lowest BCUT2D eigenvalue weighted by Gasteiger charge is -2.04. The van der Waals surface area contributed by atoms with Gasteiger partial charge >= 0.3 is 0 Å². The minimum absolute atomic E-state index is 0.207. The van der Waals surface area contributed by atoms with Crippen molar-refractivity contribution in [2.75, 3.05) is 0 Å². The average molecular weight is 374 g/mol. The fourth-order valence-electron chi connectivity index (χ4n) is 2.23. The van der Waals surface area contributed by atoms with Gasteiger partial charge < -0.3 is 14.8 Å². The Bertz CT molecular complexity index is 870. The molecular weight excluding hydrogens is 358 g/mol. The summed E-state index contributed by atoms with van der Waals surface area (Å²) in [4.78, 5) is 13.6. The van der Waals surface area contributed by atoms with E-state index >= 15 is 0 Å². The summed E-state index contributed by atoms with van der Waals surface area (Å²) >= 11 is 7.47. The Morgan fingerprint density at radius 3 is 2.84 bits per heavy atom. The smallest absolute Gasteiger partial charge is 0.244 e. The standard InChI is InChI=1S/C19H16ClNO3S/c20-15-5-2-1-4-13(15)7-10-18(22)21-12-14-8-9-17(25-14)19(23)16-6-3-11-24-16/h1-11,19,23H,12H2,(H,21,22)/b10-7+. The summed E-state index contributed by atoms with van der Waals surface area (Å²) in [5.74, 6) is 0.293. The van der Waals surface area contributed by atoms with Crippen LogP contribution in [0, 0.1) is 0 Å². The number of hydrogen-bond donors (Lipinski definition) is 2. The molecule has 0 bridgehead atoms. The molecule has 2 heterocycles. The van der Waals surface area contributed by atoms with Crippen molar-refractivity contribution in [1.82, 2.24) is 5.32 Å². The van der Waals surface area contributed by atoms with Crippen molar-refractivity contribution >= 4 is 34.9 Å². The van der Waals surface area contributed by atoms with Crippen molar-refractivity contribution < 1.29 is 14.3 Å². The van der Waals surface area contributed by atoms with Gasteiger partial charge in [0, 0.05) is 20.9 Å². The number of benzene rings is 1. The van der Waals surface area contributed by atoms with Crippen molar-refractivity contribution in [3.8, 4) is 0 Å². The molecule has 1 unspecified atom stereocenters. The highest BCUT2D eigenvalue weighted by Gasteiger charge is 2.15. The topological polar surface area (TPSA) is 62.5 Å². The van der Waals surface area contributed by atoms with Gasteiger partial charge in [-0.1, -0.05) is 29.8 Å². The summed E-state index contributed by atoms with van der Waals surface area (Å²) in [6.07, 6.45) is 3.87. The molecule has 0 aliphatic rings. The number of rotatable bonds is 6. The number of aliphatic hydroxyl groups excluding tert-OH is 1. The minimum Gasteiger partial charge on any atom is -0.466 e. The highest BCUT2D eigenvalue weighted by molar-refractivity contribution is 7.12. The molecule has 2 N–H and O–H groups in total. The van der Waals surface area contributed by atoms with Crippen LogP contribution in [0.1, 0.15) is 27.2 Å². The van der Waals surface area contributed by atoms with E-state index in [-0.39, 0.29) is 5.91 Å². The minimum atomic E-state index is -0.787. The van der Waals surface area contributed by atoms with E-state index in [2.05, 4.69) is 5.32 Å². The predicted octanol–water partition coefficient (Wildman–Crippen LogP) is 4.41. The van der Waals surface area contributed by atoms with Gasteiger partial charge in [-0.2, -0.15) is 0 Å². The van der Waals surface area contributed by atoms with Gasteiger partial charge in [0.05, 0.1) is 12.8 Å². The molecule has 3 aromatic rings. The molecular formula is C19H16ClNO3S. The quantitative estimate of drug-likeness (QED) is 0.629. The Balaban J connectivity index is 1.55. The monoisotopic (exact) mass is 373 g/mol. The van der Waals surface area contributed by atoms with Gasteiger partial charge in [-0.25, -0.2) is 0 Å². The highest BCUT2D eigenvalue weighted by Crippen LogP contribution is 2.28. The number of carbonyl (C=O) groups is 1. The van der Waals surface area contributed by atoms with E-state index in [4.69, 9.17) is 16.0 Å². The van der Waals surface area contributed by atoms with Gasteiger partial charge in [0.15, 0.2) is 0 Å². The second-order valence-electron chi connectivity index (χ2n) is 5.29. The van der Waals surface area contributed by atoms with Crippen LogP contribution in [0.3, 0.4) is 0 Å². The number of halogens is 1. The molecule has 0 aliphatic heterocycles. The molecule has 0 saturated carbocycles. The van der Waals surface area contributed by atoms with Crippen LogP contribution in [0.15, 0.2) is 65.3 Å². The molecule has 0 spiro atoms. The van der Waals surface area contributed by atoms with Crippen molar-refractivity contribution in [2.24, 2.45) is 0 Å². The zero-order valence-electron chi connectivity index (χ0n) is 13.2. The van der Waals surface area contributed by atoms with Crippen LogP contribution in [0.4, 0.5) is 0 Å². The SMILES string of the molecule is O=C(/C=C/c1ccccc1Cl)NCc1ccc(C(O)c2ccco2)s1. The summed E-state index contributed by atoms with van der Waals surface area (Å²) < 4.78 is 5.21. The summed E-state index contributed by atoms with van der Waals surface area (Å²) in [5.41, 5.74) is 0.791. The van der Waals surface area contributed by atoms with E-state index < -0.39 is 6.10 Å². The molecule has 128 valence electrons. The third-order valence-corrected chi connectivity index (χ3v) is 5.00. The van der Waals surface area contributed by atoms with Crippen LogP contribution in [0.2, 0.25) is 5.02 Å². The van der Waals surface area contributed by atoms with E-state index in [0.717, 1.165) is 15.3 Å². The number of carbonyl (C=O) groups excluding carboxylic acids is 1. The molecule has 4 nitrogen and oxygen atoms in total. The fourth-order valence-corrected chi connectivity index (χ4v) is 3.38. The van der Waals surface area contributed by atoms with Crippen molar-refractivity contribution in [3.05, 3.63) is 87.0 Å². The van der Waals surface area contributed by atoms with Crippen LogP contribution in [-0.2, 0) is 11.3 Å². The first-order valence-electron chi connectivity index (χ1n) is 7.64. The van der Waals surface area contributed by atoms with Crippen LogP contribution >= 0.6 is 22.9 Å². The number of furan rings is 1. The van der Waals surface area contributed by atoms with Gasteiger partial charge in [-0.15, -0.1) is 11.3 Å². The Morgan fingerprint density at radius 1 is 1.24 bits per heavy atom. The van der Waals surface area contributed by atoms with Crippen LogP contribution < -0.4 is 5.32 Å². The van der Waals surface area contributed by atoms with Gasteiger partial charge in [0.2, 0.25) is 5.91 Å². The van der Waals surface area contributed by atoms with Crippen LogP contribution in [0.25, 0.3) is 6.08 Å². The normalized spacial score (nSPS) is 12.4. The molecule has 0 radical (unpaired) electrons. The van der Waals surface area contributed by atoms with E-state index in [1.165, 1.54) is 23.7 Å². The Hall–Kier alpha value is -2.34. The number of aliphatic hydroxyl groups is 1. The third-order valence-electron chi connectivity index (χ3n) is 3.52.